The molecule has 158 valence electrons. The number of hydrogen-bond acceptors (Lipinski definition) is 5. The van der Waals surface area contributed by atoms with Gasteiger partial charge in [0.2, 0.25) is 0 Å². The molecule has 1 saturated heterocycles. The molecule has 1 aromatic heterocycles. The normalized spacial score (nSPS) is 15.6. The lowest BCUT2D eigenvalue weighted by Crippen LogP contribution is -2.34. The maximum atomic E-state index is 12.0. The van der Waals surface area contributed by atoms with Gasteiger partial charge >= 0.3 is 5.63 Å². The average molecular weight is 427 g/mol. The SMILES string of the molecule is COc1ccc([C@@H](CNCc2cc(=O)oc3cc(C)c(Cl)cc23)N2CCCC2)cc1. The third-order valence-electron chi connectivity index (χ3n) is 5.84. The minimum Gasteiger partial charge on any atom is -0.497 e. The van der Waals surface area contributed by atoms with Crippen molar-refractivity contribution in [1.29, 1.82) is 0 Å². The molecule has 1 N–H and O–H groups in total. The second-order valence-electron chi connectivity index (χ2n) is 7.85. The summed E-state index contributed by atoms with van der Waals surface area (Å²) < 4.78 is 10.7. The Labute approximate surface area is 181 Å². The van der Waals surface area contributed by atoms with Crippen LogP contribution in [-0.4, -0.2) is 31.6 Å². The molecule has 0 bridgehead atoms. The average Bonchev–Trinajstić information content (AvgIpc) is 3.27. The Morgan fingerprint density at radius 2 is 1.90 bits per heavy atom. The van der Waals surface area contributed by atoms with Crippen molar-refractivity contribution in [2.24, 2.45) is 0 Å². The van der Waals surface area contributed by atoms with Crippen LogP contribution in [0.15, 0.2) is 51.7 Å². The van der Waals surface area contributed by atoms with E-state index < -0.39 is 0 Å². The third-order valence-corrected chi connectivity index (χ3v) is 6.25. The van der Waals surface area contributed by atoms with E-state index in [1.54, 1.807) is 13.2 Å². The second-order valence-corrected chi connectivity index (χ2v) is 8.26. The lowest BCUT2D eigenvalue weighted by molar-refractivity contribution is 0.238. The molecule has 5 nitrogen and oxygen atoms in total. The number of rotatable bonds is 7. The number of fused-ring (bicyclic) bond motifs is 1. The smallest absolute Gasteiger partial charge is 0.336 e. The van der Waals surface area contributed by atoms with Gasteiger partial charge in [-0.2, -0.15) is 0 Å². The van der Waals surface area contributed by atoms with E-state index >= 15 is 0 Å². The van der Waals surface area contributed by atoms with E-state index in [9.17, 15) is 4.79 Å². The number of aryl methyl sites for hydroxylation is 1. The number of methoxy groups -OCH3 is 1. The van der Waals surface area contributed by atoms with Crippen LogP contribution in [0.3, 0.4) is 0 Å². The van der Waals surface area contributed by atoms with E-state index in [4.69, 9.17) is 20.8 Å². The zero-order valence-corrected chi connectivity index (χ0v) is 18.2. The summed E-state index contributed by atoms with van der Waals surface area (Å²) in [6.45, 7) is 5.47. The maximum absolute atomic E-state index is 12.0. The van der Waals surface area contributed by atoms with Gasteiger partial charge in [0.25, 0.3) is 0 Å². The second kappa shape index (κ2) is 9.21. The third kappa shape index (κ3) is 4.53. The largest absolute Gasteiger partial charge is 0.497 e. The van der Waals surface area contributed by atoms with Crippen molar-refractivity contribution in [1.82, 2.24) is 10.2 Å². The lowest BCUT2D eigenvalue weighted by Gasteiger charge is -2.28. The maximum Gasteiger partial charge on any atom is 0.336 e. The molecule has 30 heavy (non-hydrogen) atoms. The van der Waals surface area contributed by atoms with Gasteiger partial charge in [-0.1, -0.05) is 23.7 Å². The monoisotopic (exact) mass is 426 g/mol. The summed E-state index contributed by atoms with van der Waals surface area (Å²) in [5, 5.41) is 5.11. The first kappa shape index (κ1) is 20.9. The number of ether oxygens (including phenoxy) is 1. The van der Waals surface area contributed by atoms with Gasteiger partial charge in [-0.05, 0) is 73.8 Å². The molecule has 4 rings (SSSR count). The van der Waals surface area contributed by atoms with E-state index in [2.05, 4.69) is 22.3 Å². The van der Waals surface area contributed by atoms with E-state index in [0.29, 0.717) is 17.2 Å². The summed E-state index contributed by atoms with van der Waals surface area (Å²) in [4.78, 5) is 14.6. The number of hydrogen-bond donors (Lipinski definition) is 1. The molecule has 1 fully saturated rings. The van der Waals surface area contributed by atoms with E-state index in [1.807, 2.05) is 31.2 Å². The van der Waals surface area contributed by atoms with Gasteiger partial charge in [-0.3, -0.25) is 4.90 Å². The fourth-order valence-electron chi connectivity index (χ4n) is 4.18. The highest BCUT2D eigenvalue weighted by Crippen LogP contribution is 2.27. The predicted molar refractivity (Wildman–Crippen MR) is 120 cm³/mol. The van der Waals surface area contributed by atoms with Crippen LogP contribution in [0.2, 0.25) is 5.02 Å². The molecule has 2 heterocycles. The quantitative estimate of drug-likeness (QED) is 0.555. The van der Waals surface area contributed by atoms with Crippen molar-refractivity contribution in [3.63, 3.8) is 0 Å². The van der Waals surface area contributed by atoms with Gasteiger partial charge in [0, 0.05) is 35.6 Å². The predicted octanol–water partition coefficient (Wildman–Crippen LogP) is 4.69. The highest BCUT2D eigenvalue weighted by molar-refractivity contribution is 6.32. The molecule has 3 aromatic rings. The summed E-state index contributed by atoms with van der Waals surface area (Å²) in [5.74, 6) is 0.863. The molecule has 0 saturated carbocycles. The number of likely N-dealkylation sites (tertiary alicyclic amines) is 1. The lowest BCUT2D eigenvalue weighted by atomic mass is 10.0. The fourth-order valence-corrected chi connectivity index (χ4v) is 4.34. The number of halogens is 1. The Morgan fingerprint density at radius 1 is 1.17 bits per heavy atom. The summed E-state index contributed by atoms with van der Waals surface area (Å²) in [6, 6.07) is 13.8. The van der Waals surface area contributed by atoms with E-state index in [-0.39, 0.29) is 11.7 Å². The van der Waals surface area contributed by atoms with Crippen LogP contribution in [0.1, 0.15) is 35.6 Å². The van der Waals surface area contributed by atoms with Gasteiger partial charge in [0.15, 0.2) is 0 Å². The van der Waals surface area contributed by atoms with Crippen molar-refractivity contribution in [3.05, 3.63) is 74.6 Å². The summed E-state index contributed by atoms with van der Waals surface area (Å²) >= 11 is 6.32. The van der Waals surface area contributed by atoms with Gasteiger partial charge in [-0.25, -0.2) is 4.79 Å². The number of nitrogens with zero attached hydrogens (tertiary/aromatic N) is 1. The fraction of sp³-hybridized carbons (Fsp3) is 0.375. The standard InChI is InChI=1S/C24H27ClN2O3/c1-16-11-23-20(13-21(16)25)18(12-24(28)30-23)14-26-15-22(27-9-3-4-10-27)17-5-7-19(29-2)8-6-17/h5-8,11-13,22,26H,3-4,9-10,14-15H2,1-2H3/t22-/m1/s1. The summed E-state index contributed by atoms with van der Waals surface area (Å²) in [7, 11) is 1.68. The Kier molecular flexibility index (Phi) is 6.42. The minimum absolute atomic E-state index is 0.274. The van der Waals surface area contributed by atoms with Crippen molar-refractivity contribution in [2.75, 3.05) is 26.7 Å². The van der Waals surface area contributed by atoms with Crippen molar-refractivity contribution in [2.45, 2.75) is 32.4 Å². The molecule has 0 radical (unpaired) electrons. The van der Waals surface area contributed by atoms with Gasteiger partial charge in [0.1, 0.15) is 11.3 Å². The minimum atomic E-state index is -0.340. The van der Waals surface area contributed by atoms with E-state index in [0.717, 1.165) is 41.9 Å². The Morgan fingerprint density at radius 3 is 2.60 bits per heavy atom. The molecule has 2 aromatic carbocycles. The Hall–Kier alpha value is -2.34. The van der Waals surface area contributed by atoms with Crippen LogP contribution in [0.4, 0.5) is 0 Å². The molecule has 1 atom stereocenters. The first-order valence-electron chi connectivity index (χ1n) is 10.4. The molecule has 6 heteroatoms. The number of nitrogens with one attached hydrogen (secondary N) is 1. The van der Waals surface area contributed by atoms with Crippen LogP contribution >= 0.6 is 11.6 Å². The highest BCUT2D eigenvalue weighted by atomic mass is 35.5. The van der Waals surface area contributed by atoms with Crippen LogP contribution in [0.5, 0.6) is 5.75 Å². The topological polar surface area (TPSA) is 54.7 Å². The zero-order chi connectivity index (χ0) is 21.1. The molecule has 1 aliphatic rings. The molecular formula is C24H27ClN2O3. The molecule has 0 spiro atoms. The molecular weight excluding hydrogens is 400 g/mol. The van der Waals surface area contributed by atoms with Crippen LogP contribution in [0, 0.1) is 6.92 Å². The molecule has 0 aliphatic carbocycles. The van der Waals surface area contributed by atoms with Gasteiger partial charge in [0.05, 0.1) is 7.11 Å². The van der Waals surface area contributed by atoms with Crippen molar-refractivity contribution >= 4 is 22.6 Å². The number of benzene rings is 2. The first-order valence-corrected chi connectivity index (χ1v) is 10.7. The van der Waals surface area contributed by atoms with Crippen LogP contribution in [0.25, 0.3) is 11.0 Å². The van der Waals surface area contributed by atoms with E-state index in [1.165, 1.54) is 18.4 Å². The zero-order valence-electron chi connectivity index (χ0n) is 17.4. The highest BCUT2D eigenvalue weighted by Gasteiger charge is 2.23. The van der Waals surface area contributed by atoms with Crippen LogP contribution < -0.4 is 15.7 Å². The van der Waals surface area contributed by atoms with Crippen molar-refractivity contribution < 1.29 is 9.15 Å². The van der Waals surface area contributed by atoms with Crippen LogP contribution in [-0.2, 0) is 6.54 Å². The molecule has 0 amide bonds. The molecule has 1 aliphatic heterocycles. The summed E-state index contributed by atoms with van der Waals surface area (Å²) in [5.41, 5.74) is 3.30. The van der Waals surface area contributed by atoms with Gasteiger partial charge < -0.3 is 14.5 Å². The van der Waals surface area contributed by atoms with Crippen molar-refractivity contribution in [3.8, 4) is 5.75 Å². The molecule has 0 unspecified atom stereocenters. The van der Waals surface area contributed by atoms with Gasteiger partial charge in [-0.15, -0.1) is 0 Å². The Balaban J connectivity index is 1.54. The summed E-state index contributed by atoms with van der Waals surface area (Å²) in [6.07, 6.45) is 2.46. The first-order chi connectivity index (χ1) is 14.5. The Bertz CT molecular complexity index is 1070.